The summed E-state index contributed by atoms with van der Waals surface area (Å²) in [7, 11) is 0. The third kappa shape index (κ3) is 5.92. The fourth-order valence-electron chi connectivity index (χ4n) is 3.22. The summed E-state index contributed by atoms with van der Waals surface area (Å²) in [5.74, 6) is 0.590. The van der Waals surface area contributed by atoms with Gasteiger partial charge in [0.25, 0.3) is 0 Å². The number of nitrogens with one attached hydrogen (secondary N) is 2. The fourth-order valence-corrected chi connectivity index (χ4v) is 3.22. The molecule has 0 spiro atoms. The van der Waals surface area contributed by atoms with Gasteiger partial charge in [-0.15, -0.1) is 0 Å². The van der Waals surface area contributed by atoms with Crippen LogP contribution in [0.25, 0.3) is 11.0 Å². The van der Waals surface area contributed by atoms with Crippen LogP contribution in [0.3, 0.4) is 0 Å². The third-order valence-corrected chi connectivity index (χ3v) is 4.73. The van der Waals surface area contributed by atoms with Crippen LogP contribution in [0.1, 0.15) is 31.5 Å². The summed E-state index contributed by atoms with van der Waals surface area (Å²) in [6.07, 6.45) is 1.98. The summed E-state index contributed by atoms with van der Waals surface area (Å²) in [4.78, 5) is 34.1. The number of aromatic amines is 1. The molecule has 0 saturated carbocycles. The van der Waals surface area contributed by atoms with Crippen molar-refractivity contribution in [3.8, 4) is 6.07 Å². The second-order valence-corrected chi connectivity index (χ2v) is 6.94. The molecular weight excluding hydrogens is 378 g/mol. The normalized spacial score (nSPS) is 10.5. The molecular formula is C23H25N5O2. The lowest BCUT2D eigenvalue weighted by molar-refractivity contribution is -0.125. The van der Waals surface area contributed by atoms with Gasteiger partial charge in [0.2, 0.25) is 11.8 Å². The fraction of sp³-hybridized carbons (Fsp3) is 0.304. The zero-order valence-electron chi connectivity index (χ0n) is 16.8. The van der Waals surface area contributed by atoms with E-state index in [1.54, 1.807) is 4.90 Å². The number of fused-ring (bicyclic) bond motifs is 1. The number of amides is 2. The highest BCUT2D eigenvalue weighted by Gasteiger charge is 2.16. The molecule has 0 bridgehead atoms. The Kier molecular flexibility index (Phi) is 7.56. The van der Waals surface area contributed by atoms with E-state index >= 15 is 0 Å². The molecule has 2 aromatic carbocycles. The second kappa shape index (κ2) is 10.8. The average Bonchev–Trinajstić information content (AvgIpc) is 3.19. The van der Waals surface area contributed by atoms with Crippen molar-refractivity contribution < 1.29 is 9.59 Å². The maximum atomic E-state index is 12.6. The molecule has 0 fully saturated rings. The first-order valence-electron chi connectivity index (χ1n) is 10.1. The van der Waals surface area contributed by atoms with Crippen molar-refractivity contribution >= 4 is 28.5 Å². The van der Waals surface area contributed by atoms with Gasteiger partial charge in [0, 0.05) is 38.0 Å². The van der Waals surface area contributed by atoms with Gasteiger partial charge in [0.15, 0.2) is 0 Å². The minimum Gasteiger partial charge on any atom is -0.356 e. The summed E-state index contributed by atoms with van der Waals surface area (Å²) in [6.45, 7) is 0.847. The molecule has 0 atom stereocenters. The van der Waals surface area contributed by atoms with E-state index in [0.29, 0.717) is 13.1 Å². The molecule has 7 heteroatoms. The molecule has 0 aliphatic heterocycles. The number of imidazole rings is 1. The Morgan fingerprint density at radius 3 is 2.60 bits per heavy atom. The monoisotopic (exact) mass is 403 g/mol. The molecule has 30 heavy (non-hydrogen) atoms. The van der Waals surface area contributed by atoms with Gasteiger partial charge in [-0.1, -0.05) is 30.3 Å². The van der Waals surface area contributed by atoms with Crippen LogP contribution < -0.4 is 10.2 Å². The summed E-state index contributed by atoms with van der Waals surface area (Å²) >= 11 is 0. The predicted octanol–water partition coefficient (Wildman–Crippen LogP) is 3.34. The lowest BCUT2D eigenvalue weighted by Gasteiger charge is -2.21. The van der Waals surface area contributed by atoms with Crippen LogP contribution in [-0.4, -0.2) is 34.9 Å². The molecule has 3 aromatic rings. The van der Waals surface area contributed by atoms with Gasteiger partial charge in [-0.25, -0.2) is 4.98 Å². The van der Waals surface area contributed by atoms with Crippen LogP contribution in [0.2, 0.25) is 0 Å². The first-order chi connectivity index (χ1) is 14.7. The lowest BCUT2D eigenvalue weighted by Crippen LogP contribution is -2.33. The number of carbonyl (C=O) groups excluding carboxylic acids is 2. The van der Waals surface area contributed by atoms with Crippen molar-refractivity contribution in [3.63, 3.8) is 0 Å². The Labute approximate surface area is 175 Å². The van der Waals surface area contributed by atoms with E-state index in [1.807, 2.05) is 54.6 Å². The molecule has 0 radical (unpaired) electrons. The number of H-pyrrole nitrogens is 1. The van der Waals surface area contributed by atoms with Gasteiger partial charge in [0.1, 0.15) is 5.82 Å². The van der Waals surface area contributed by atoms with Gasteiger partial charge in [-0.3, -0.25) is 9.59 Å². The highest BCUT2D eigenvalue weighted by atomic mass is 16.2. The van der Waals surface area contributed by atoms with Gasteiger partial charge in [-0.05, 0) is 30.7 Å². The van der Waals surface area contributed by atoms with E-state index < -0.39 is 0 Å². The van der Waals surface area contributed by atoms with Crippen LogP contribution in [0.5, 0.6) is 0 Å². The number of rotatable bonds is 10. The minimum atomic E-state index is -0.158. The van der Waals surface area contributed by atoms with Crippen molar-refractivity contribution in [2.24, 2.45) is 0 Å². The highest BCUT2D eigenvalue weighted by Crippen LogP contribution is 2.15. The molecule has 7 nitrogen and oxygen atoms in total. The average molecular weight is 403 g/mol. The second-order valence-electron chi connectivity index (χ2n) is 6.94. The number of benzene rings is 2. The summed E-state index contributed by atoms with van der Waals surface area (Å²) in [6, 6.07) is 19.1. The standard InChI is InChI=1S/C23H25N5O2/c24-15-7-17-28(18-8-2-1-3-9-18)23(30)14-13-22(29)25-16-6-12-21-26-19-10-4-5-11-20(19)27-21/h1-5,8-11H,6-7,12-14,16-17H2,(H,25,29)(H,26,27). The maximum Gasteiger partial charge on any atom is 0.227 e. The molecule has 0 aliphatic rings. The van der Waals surface area contributed by atoms with Crippen molar-refractivity contribution in [2.45, 2.75) is 32.1 Å². The third-order valence-electron chi connectivity index (χ3n) is 4.73. The van der Waals surface area contributed by atoms with E-state index in [4.69, 9.17) is 5.26 Å². The van der Waals surface area contributed by atoms with Gasteiger partial charge < -0.3 is 15.2 Å². The molecule has 2 N–H and O–H groups in total. The highest BCUT2D eigenvalue weighted by molar-refractivity contribution is 5.95. The maximum absolute atomic E-state index is 12.6. The minimum absolute atomic E-state index is 0.107. The van der Waals surface area contributed by atoms with Crippen molar-refractivity contribution in [3.05, 3.63) is 60.4 Å². The molecule has 0 saturated heterocycles. The van der Waals surface area contributed by atoms with Gasteiger partial charge >= 0.3 is 0 Å². The number of para-hydroxylation sites is 3. The number of nitrogens with zero attached hydrogens (tertiary/aromatic N) is 3. The number of anilines is 1. The Morgan fingerprint density at radius 2 is 1.83 bits per heavy atom. The zero-order chi connectivity index (χ0) is 21.2. The van der Waals surface area contributed by atoms with Crippen LogP contribution in [0, 0.1) is 11.3 Å². The summed E-state index contributed by atoms with van der Waals surface area (Å²) in [5.41, 5.74) is 2.69. The first kappa shape index (κ1) is 21.1. The van der Waals surface area contributed by atoms with Crippen molar-refractivity contribution in [1.29, 1.82) is 5.26 Å². The quantitative estimate of drug-likeness (QED) is 0.507. The molecule has 3 rings (SSSR count). The number of carbonyl (C=O) groups is 2. The Hall–Kier alpha value is -3.66. The van der Waals surface area contributed by atoms with E-state index in [0.717, 1.165) is 35.4 Å². The molecule has 0 unspecified atom stereocenters. The molecule has 1 aromatic heterocycles. The Bertz CT molecular complexity index is 990. The lowest BCUT2D eigenvalue weighted by atomic mass is 10.2. The van der Waals surface area contributed by atoms with Crippen molar-refractivity contribution in [1.82, 2.24) is 15.3 Å². The number of aromatic nitrogens is 2. The van der Waals surface area contributed by atoms with E-state index in [9.17, 15) is 9.59 Å². The van der Waals surface area contributed by atoms with Gasteiger partial charge in [0.05, 0.1) is 23.5 Å². The molecule has 0 aliphatic carbocycles. The number of aryl methyl sites for hydroxylation is 1. The molecule has 2 amide bonds. The van der Waals surface area contributed by atoms with Crippen LogP contribution in [-0.2, 0) is 16.0 Å². The van der Waals surface area contributed by atoms with Crippen LogP contribution >= 0.6 is 0 Å². The van der Waals surface area contributed by atoms with Crippen molar-refractivity contribution in [2.75, 3.05) is 18.0 Å². The summed E-state index contributed by atoms with van der Waals surface area (Å²) < 4.78 is 0. The predicted molar refractivity (Wildman–Crippen MR) is 116 cm³/mol. The van der Waals surface area contributed by atoms with E-state index in [-0.39, 0.29) is 31.1 Å². The topological polar surface area (TPSA) is 102 Å². The van der Waals surface area contributed by atoms with Gasteiger partial charge in [-0.2, -0.15) is 5.26 Å². The Morgan fingerprint density at radius 1 is 1.07 bits per heavy atom. The van der Waals surface area contributed by atoms with E-state index in [1.165, 1.54) is 0 Å². The smallest absolute Gasteiger partial charge is 0.227 e. The number of hydrogen-bond acceptors (Lipinski definition) is 4. The Balaban J connectivity index is 1.40. The first-order valence-corrected chi connectivity index (χ1v) is 10.1. The summed E-state index contributed by atoms with van der Waals surface area (Å²) in [5, 5.41) is 11.7. The SMILES string of the molecule is N#CCCN(C(=O)CCC(=O)NCCCc1nc2ccccc2[nH]1)c1ccccc1. The van der Waals surface area contributed by atoms with Crippen LogP contribution in [0.4, 0.5) is 5.69 Å². The number of nitriles is 1. The van der Waals surface area contributed by atoms with Crippen LogP contribution in [0.15, 0.2) is 54.6 Å². The van der Waals surface area contributed by atoms with E-state index in [2.05, 4.69) is 21.4 Å². The zero-order valence-corrected chi connectivity index (χ0v) is 16.8. The molecule has 1 heterocycles. The number of hydrogen-bond donors (Lipinski definition) is 2. The molecule has 154 valence electrons. The largest absolute Gasteiger partial charge is 0.356 e.